The molecule has 0 heterocycles. The molecule has 1 aliphatic rings. The first-order valence-electron chi connectivity index (χ1n) is 4.91. The number of hydrogen-bond donors (Lipinski definition) is 1. The molecule has 2 atom stereocenters. The lowest BCUT2D eigenvalue weighted by atomic mass is 9.87. The number of allylic oxidation sites excluding steroid dienone is 2. The Morgan fingerprint density at radius 1 is 1.57 bits per heavy atom. The molecule has 1 aliphatic carbocycles. The molecule has 1 rings (SSSR count). The molecule has 0 radical (unpaired) electrons. The van der Waals surface area contributed by atoms with Crippen molar-refractivity contribution in [2.45, 2.75) is 26.4 Å². The van der Waals surface area contributed by atoms with Gasteiger partial charge in [0.25, 0.3) is 0 Å². The average molecular weight is 195 g/mol. The van der Waals surface area contributed by atoms with Crippen LogP contribution in [-0.2, 0) is 4.74 Å². The molecule has 0 spiro atoms. The highest BCUT2D eigenvalue weighted by Crippen LogP contribution is 2.27. The normalized spacial score (nSPS) is 30.1. The van der Waals surface area contributed by atoms with Crippen molar-refractivity contribution in [1.29, 1.82) is 0 Å². The molecule has 14 heavy (non-hydrogen) atoms. The van der Waals surface area contributed by atoms with Crippen molar-refractivity contribution in [3.63, 3.8) is 0 Å². The molecular formula is C11H17NO2. The zero-order chi connectivity index (χ0) is 10.6. The summed E-state index contributed by atoms with van der Waals surface area (Å²) < 4.78 is 5.34. The second kappa shape index (κ2) is 4.31. The minimum absolute atomic E-state index is 0.204. The Morgan fingerprint density at radius 3 is 2.86 bits per heavy atom. The minimum atomic E-state index is -0.520. The highest BCUT2D eigenvalue weighted by atomic mass is 16.6. The Bertz CT molecular complexity index is 270. The van der Waals surface area contributed by atoms with Crippen molar-refractivity contribution in [1.82, 2.24) is 5.32 Å². The number of hydrogen-bond acceptors (Lipinski definition) is 2. The summed E-state index contributed by atoms with van der Waals surface area (Å²) in [4.78, 5) is 11.3. The van der Waals surface area contributed by atoms with Crippen molar-refractivity contribution in [2.24, 2.45) is 5.92 Å². The SMILES string of the molecule is CCNC(=O)OC1(C)C=CC=CC1C. The second-order valence-corrected chi connectivity index (χ2v) is 3.64. The van der Waals surface area contributed by atoms with E-state index in [0.29, 0.717) is 6.54 Å². The molecule has 78 valence electrons. The van der Waals surface area contributed by atoms with E-state index >= 15 is 0 Å². The van der Waals surface area contributed by atoms with Crippen LogP contribution in [0.5, 0.6) is 0 Å². The van der Waals surface area contributed by atoms with Gasteiger partial charge in [0, 0.05) is 12.5 Å². The van der Waals surface area contributed by atoms with Crippen LogP contribution < -0.4 is 5.32 Å². The van der Waals surface area contributed by atoms with Gasteiger partial charge in [-0.1, -0.05) is 25.2 Å². The molecule has 3 heteroatoms. The lowest BCUT2D eigenvalue weighted by Crippen LogP contribution is -2.40. The summed E-state index contributed by atoms with van der Waals surface area (Å²) in [5.41, 5.74) is -0.520. The Labute approximate surface area is 84.8 Å². The van der Waals surface area contributed by atoms with Crippen LogP contribution in [0.15, 0.2) is 24.3 Å². The van der Waals surface area contributed by atoms with Gasteiger partial charge in [0.05, 0.1) is 0 Å². The lowest BCUT2D eigenvalue weighted by Gasteiger charge is -2.32. The Balaban J connectivity index is 2.61. The van der Waals surface area contributed by atoms with E-state index < -0.39 is 5.60 Å². The number of carbonyl (C=O) groups excluding carboxylic acids is 1. The monoisotopic (exact) mass is 195 g/mol. The largest absolute Gasteiger partial charge is 0.438 e. The Kier molecular flexibility index (Phi) is 3.33. The predicted molar refractivity (Wildman–Crippen MR) is 56.0 cm³/mol. The van der Waals surface area contributed by atoms with E-state index in [1.807, 2.05) is 45.1 Å². The van der Waals surface area contributed by atoms with Crippen molar-refractivity contribution >= 4 is 6.09 Å². The molecule has 0 bridgehead atoms. The molecule has 0 saturated carbocycles. The van der Waals surface area contributed by atoms with Crippen molar-refractivity contribution in [3.05, 3.63) is 24.3 Å². The first-order chi connectivity index (χ1) is 6.58. The zero-order valence-electron chi connectivity index (χ0n) is 8.91. The van der Waals surface area contributed by atoms with Crippen LogP contribution in [0.1, 0.15) is 20.8 Å². The first-order valence-corrected chi connectivity index (χ1v) is 4.91. The Hall–Kier alpha value is -1.25. The summed E-state index contributed by atoms with van der Waals surface area (Å²) in [5.74, 6) is 0.204. The fourth-order valence-corrected chi connectivity index (χ4v) is 1.33. The van der Waals surface area contributed by atoms with Gasteiger partial charge in [-0.3, -0.25) is 0 Å². The molecule has 3 nitrogen and oxygen atoms in total. The first kappa shape index (κ1) is 10.8. The van der Waals surface area contributed by atoms with E-state index in [1.165, 1.54) is 0 Å². The van der Waals surface area contributed by atoms with Gasteiger partial charge >= 0.3 is 6.09 Å². The van der Waals surface area contributed by atoms with Gasteiger partial charge in [0.15, 0.2) is 0 Å². The van der Waals surface area contributed by atoms with Crippen LogP contribution in [0.2, 0.25) is 0 Å². The average Bonchev–Trinajstić information content (AvgIpc) is 2.10. The predicted octanol–water partition coefficient (Wildman–Crippen LogP) is 2.25. The fourth-order valence-electron chi connectivity index (χ4n) is 1.33. The van der Waals surface area contributed by atoms with Crippen molar-refractivity contribution < 1.29 is 9.53 Å². The third-order valence-electron chi connectivity index (χ3n) is 2.48. The summed E-state index contributed by atoms with van der Waals surface area (Å²) in [7, 11) is 0. The van der Waals surface area contributed by atoms with Crippen LogP contribution in [-0.4, -0.2) is 18.2 Å². The number of amides is 1. The van der Waals surface area contributed by atoms with Crippen molar-refractivity contribution in [3.8, 4) is 0 Å². The summed E-state index contributed by atoms with van der Waals surface area (Å²) >= 11 is 0. The lowest BCUT2D eigenvalue weighted by molar-refractivity contribution is 0.0350. The van der Waals surface area contributed by atoms with Crippen LogP contribution in [0.25, 0.3) is 0 Å². The molecule has 0 aromatic rings. The van der Waals surface area contributed by atoms with Crippen LogP contribution in [0.3, 0.4) is 0 Å². The molecule has 0 aromatic carbocycles. The minimum Gasteiger partial charge on any atom is -0.438 e. The van der Waals surface area contributed by atoms with E-state index in [2.05, 4.69) is 5.32 Å². The number of nitrogens with one attached hydrogen (secondary N) is 1. The van der Waals surface area contributed by atoms with Gasteiger partial charge in [-0.25, -0.2) is 4.79 Å². The van der Waals surface area contributed by atoms with E-state index in [4.69, 9.17) is 4.74 Å². The number of alkyl carbamates (subject to hydrolysis) is 1. The van der Waals surface area contributed by atoms with Crippen LogP contribution in [0.4, 0.5) is 4.79 Å². The maximum absolute atomic E-state index is 11.3. The Morgan fingerprint density at radius 2 is 2.29 bits per heavy atom. The van der Waals surface area contributed by atoms with E-state index in [0.717, 1.165) is 0 Å². The smallest absolute Gasteiger partial charge is 0.408 e. The topological polar surface area (TPSA) is 38.3 Å². The van der Waals surface area contributed by atoms with Gasteiger partial charge in [-0.2, -0.15) is 0 Å². The van der Waals surface area contributed by atoms with E-state index in [9.17, 15) is 4.79 Å². The molecule has 2 unspecified atom stereocenters. The standard InChI is InChI=1S/C11H17NO2/c1-4-12-10(13)14-11(3)8-6-5-7-9(11)2/h5-9H,4H2,1-3H3,(H,12,13). The van der Waals surface area contributed by atoms with E-state index in [1.54, 1.807) is 0 Å². The van der Waals surface area contributed by atoms with Crippen LogP contribution >= 0.6 is 0 Å². The van der Waals surface area contributed by atoms with Gasteiger partial charge in [-0.05, 0) is 19.9 Å². The van der Waals surface area contributed by atoms with Gasteiger partial charge in [-0.15, -0.1) is 0 Å². The number of carbonyl (C=O) groups is 1. The summed E-state index contributed by atoms with van der Waals surface area (Å²) in [6, 6.07) is 0. The highest BCUT2D eigenvalue weighted by Gasteiger charge is 2.32. The van der Waals surface area contributed by atoms with Crippen molar-refractivity contribution in [2.75, 3.05) is 6.54 Å². The highest BCUT2D eigenvalue weighted by molar-refractivity contribution is 5.68. The maximum atomic E-state index is 11.3. The quantitative estimate of drug-likeness (QED) is 0.734. The molecule has 1 amide bonds. The summed E-state index contributed by atoms with van der Waals surface area (Å²) in [6.07, 6.45) is 7.44. The van der Waals surface area contributed by atoms with Gasteiger partial charge in [0.2, 0.25) is 0 Å². The number of ether oxygens (including phenoxy) is 1. The zero-order valence-corrected chi connectivity index (χ0v) is 8.91. The third kappa shape index (κ3) is 2.37. The van der Waals surface area contributed by atoms with Crippen LogP contribution in [0, 0.1) is 5.92 Å². The third-order valence-corrected chi connectivity index (χ3v) is 2.48. The molecule has 0 saturated heterocycles. The van der Waals surface area contributed by atoms with Gasteiger partial charge < -0.3 is 10.1 Å². The molecule has 0 aliphatic heterocycles. The molecule has 0 aromatic heterocycles. The molecule has 1 N–H and O–H groups in total. The summed E-state index contributed by atoms with van der Waals surface area (Å²) in [6.45, 7) is 6.39. The van der Waals surface area contributed by atoms with Gasteiger partial charge in [0.1, 0.15) is 5.60 Å². The summed E-state index contributed by atoms with van der Waals surface area (Å²) in [5, 5.41) is 2.62. The molecule has 0 fully saturated rings. The second-order valence-electron chi connectivity index (χ2n) is 3.64. The molecular weight excluding hydrogens is 178 g/mol. The van der Waals surface area contributed by atoms with E-state index in [-0.39, 0.29) is 12.0 Å². The maximum Gasteiger partial charge on any atom is 0.408 e. The fraction of sp³-hybridized carbons (Fsp3) is 0.545. The number of rotatable bonds is 2.